The number of carbonyl (C=O) groups excluding carboxylic acids is 1. The summed E-state index contributed by atoms with van der Waals surface area (Å²) >= 11 is 0. The molecule has 1 aliphatic heterocycles. The van der Waals surface area contributed by atoms with E-state index in [1.165, 1.54) is 0 Å². The second-order valence-electron chi connectivity index (χ2n) is 7.96. The molecule has 0 bridgehead atoms. The molecule has 1 aliphatic rings. The predicted molar refractivity (Wildman–Crippen MR) is 107 cm³/mol. The zero-order valence-corrected chi connectivity index (χ0v) is 17.2. The molecule has 1 heterocycles. The molecule has 0 aromatic heterocycles. The van der Waals surface area contributed by atoms with Gasteiger partial charge < -0.3 is 26.0 Å². The lowest BCUT2D eigenvalue weighted by molar-refractivity contribution is -0.921. The van der Waals surface area contributed by atoms with Crippen LogP contribution in [0.3, 0.4) is 0 Å². The maximum Gasteiger partial charge on any atom is 0.359 e. The molecule has 158 valence electrons. The van der Waals surface area contributed by atoms with E-state index in [1.807, 2.05) is 4.90 Å². The molecule has 1 rings (SSSR count). The fourth-order valence-corrected chi connectivity index (χ4v) is 3.92. The van der Waals surface area contributed by atoms with Crippen molar-refractivity contribution in [2.75, 3.05) is 65.4 Å². The summed E-state index contributed by atoms with van der Waals surface area (Å²) in [6, 6.07) is 0.515. The number of hydrogen-bond donors (Lipinski definition) is 3. The maximum atomic E-state index is 12.6. The third-order valence-electron chi connectivity index (χ3n) is 5.56. The molecule has 0 aromatic rings. The molecule has 5 N–H and O–H groups in total. The van der Waals surface area contributed by atoms with Crippen LogP contribution in [-0.2, 0) is 9.59 Å². The average Bonchev–Trinajstić information content (AvgIpc) is 2.64. The van der Waals surface area contributed by atoms with Crippen molar-refractivity contribution in [3.63, 3.8) is 0 Å². The summed E-state index contributed by atoms with van der Waals surface area (Å²) in [5, 5.41) is 9.37. The Labute approximate surface area is 164 Å². The first-order chi connectivity index (χ1) is 12.8. The molecule has 8 nitrogen and oxygen atoms in total. The lowest BCUT2D eigenvalue weighted by Gasteiger charge is -2.38. The molecule has 1 fully saturated rings. The van der Waals surface area contributed by atoms with E-state index in [9.17, 15) is 14.7 Å². The first-order valence-corrected chi connectivity index (χ1v) is 10.3. The number of carboxylic acid groups (broad SMARTS) is 1. The number of amides is 1. The summed E-state index contributed by atoms with van der Waals surface area (Å²) in [7, 11) is 0. The van der Waals surface area contributed by atoms with Crippen LogP contribution in [0.4, 0.5) is 0 Å². The fraction of sp³-hybridized carbons (Fsp3) is 0.895. The van der Waals surface area contributed by atoms with Gasteiger partial charge in [0.05, 0.1) is 19.6 Å². The molecule has 1 saturated heterocycles. The van der Waals surface area contributed by atoms with E-state index in [0.717, 1.165) is 52.1 Å². The van der Waals surface area contributed by atoms with Gasteiger partial charge in [0.15, 0.2) is 6.54 Å². The quantitative estimate of drug-likeness (QED) is 0.382. The zero-order chi connectivity index (χ0) is 20.3. The second-order valence-corrected chi connectivity index (χ2v) is 7.96. The Kier molecular flexibility index (Phi) is 10.8. The first-order valence-electron chi connectivity index (χ1n) is 10.3. The van der Waals surface area contributed by atoms with Crippen LogP contribution in [0.2, 0.25) is 0 Å². The molecule has 0 aliphatic carbocycles. The highest BCUT2D eigenvalue weighted by Gasteiger charge is 2.30. The van der Waals surface area contributed by atoms with Crippen molar-refractivity contribution >= 4 is 11.9 Å². The van der Waals surface area contributed by atoms with E-state index in [1.54, 1.807) is 0 Å². The Morgan fingerprint density at radius 2 is 1.48 bits per heavy atom. The molecule has 0 unspecified atom stereocenters. The van der Waals surface area contributed by atoms with Crippen molar-refractivity contribution < 1.29 is 19.2 Å². The minimum atomic E-state index is -0.805. The first kappa shape index (κ1) is 23.8. The van der Waals surface area contributed by atoms with Crippen molar-refractivity contribution in [3.05, 3.63) is 0 Å². The van der Waals surface area contributed by atoms with Crippen LogP contribution in [-0.4, -0.2) is 103 Å². The SMILES string of the molecule is CC(C)N1CCN(C(=O)CCC[N+](CCCN)(CCCN)CC(=O)O)CC1. The number of quaternary nitrogens is 1. The fourth-order valence-electron chi connectivity index (χ4n) is 3.92. The number of rotatable bonds is 13. The topological polar surface area (TPSA) is 113 Å². The monoisotopic (exact) mass is 386 g/mol. The smallest absolute Gasteiger partial charge is 0.359 e. The molecule has 0 radical (unpaired) electrons. The van der Waals surface area contributed by atoms with Crippen LogP contribution in [0.1, 0.15) is 39.5 Å². The summed E-state index contributed by atoms with van der Waals surface area (Å²) in [5.41, 5.74) is 11.3. The molecule has 0 aromatic carbocycles. The highest BCUT2D eigenvalue weighted by Crippen LogP contribution is 2.14. The average molecular weight is 387 g/mol. The summed E-state index contributed by atoms with van der Waals surface area (Å²) in [6.07, 6.45) is 2.74. The number of hydrogen-bond acceptors (Lipinski definition) is 5. The van der Waals surface area contributed by atoms with Crippen molar-refractivity contribution in [2.24, 2.45) is 11.5 Å². The lowest BCUT2D eigenvalue weighted by Crippen LogP contribution is -2.54. The van der Waals surface area contributed by atoms with E-state index >= 15 is 0 Å². The van der Waals surface area contributed by atoms with Crippen LogP contribution < -0.4 is 11.5 Å². The molecular weight excluding hydrogens is 346 g/mol. The predicted octanol–water partition coefficient (Wildman–Crippen LogP) is -0.0818. The largest absolute Gasteiger partial charge is 0.477 e. The summed E-state index contributed by atoms with van der Waals surface area (Å²) in [6.45, 7) is 11.1. The van der Waals surface area contributed by atoms with E-state index < -0.39 is 5.97 Å². The third kappa shape index (κ3) is 8.55. The minimum Gasteiger partial charge on any atom is -0.477 e. The highest BCUT2D eigenvalue weighted by atomic mass is 16.4. The normalized spacial score (nSPS) is 16.1. The zero-order valence-electron chi connectivity index (χ0n) is 17.2. The standard InChI is InChI=1S/C19H39N5O3/c1-17(2)22-9-11-23(12-10-22)18(25)6-3-13-24(14-4-7-20,15-5-8-21)16-19(26)27/h17H,3-16,20-21H2,1-2H3/p+1. The van der Waals surface area contributed by atoms with E-state index in [0.29, 0.717) is 43.0 Å². The number of piperazine rings is 1. The Bertz CT molecular complexity index is 443. The highest BCUT2D eigenvalue weighted by molar-refractivity contribution is 5.76. The molecule has 8 heteroatoms. The van der Waals surface area contributed by atoms with Gasteiger partial charge in [-0.3, -0.25) is 9.69 Å². The molecule has 0 atom stereocenters. The van der Waals surface area contributed by atoms with Crippen LogP contribution in [0.5, 0.6) is 0 Å². The van der Waals surface area contributed by atoms with E-state index in [-0.39, 0.29) is 12.5 Å². The molecule has 27 heavy (non-hydrogen) atoms. The maximum absolute atomic E-state index is 12.6. The van der Waals surface area contributed by atoms with Crippen LogP contribution in [0.25, 0.3) is 0 Å². The van der Waals surface area contributed by atoms with Gasteiger partial charge in [-0.1, -0.05) is 0 Å². The molecule has 0 spiro atoms. The van der Waals surface area contributed by atoms with Crippen LogP contribution in [0, 0.1) is 0 Å². The Balaban J connectivity index is 2.55. The Hall–Kier alpha value is -1.22. The lowest BCUT2D eigenvalue weighted by atomic mass is 10.1. The van der Waals surface area contributed by atoms with Gasteiger partial charge in [-0.05, 0) is 26.9 Å². The number of nitrogens with zero attached hydrogens (tertiary/aromatic N) is 3. The van der Waals surface area contributed by atoms with E-state index in [2.05, 4.69) is 18.7 Å². The summed E-state index contributed by atoms with van der Waals surface area (Å²) < 4.78 is 0.470. The van der Waals surface area contributed by atoms with E-state index in [4.69, 9.17) is 11.5 Å². The van der Waals surface area contributed by atoms with Gasteiger partial charge >= 0.3 is 5.97 Å². The van der Waals surface area contributed by atoms with Crippen molar-refractivity contribution in [2.45, 2.75) is 45.6 Å². The summed E-state index contributed by atoms with van der Waals surface area (Å²) in [4.78, 5) is 28.3. The van der Waals surface area contributed by atoms with Gasteiger partial charge in [0.1, 0.15) is 0 Å². The van der Waals surface area contributed by atoms with Crippen LogP contribution in [0.15, 0.2) is 0 Å². The Morgan fingerprint density at radius 1 is 0.963 bits per heavy atom. The van der Waals surface area contributed by atoms with Gasteiger partial charge in [0.2, 0.25) is 5.91 Å². The molecule has 1 amide bonds. The van der Waals surface area contributed by atoms with Gasteiger partial charge in [-0.2, -0.15) is 0 Å². The van der Waals surface area contributed by atoms with Gasteiger partial charge in [0, 0.05) is 57.9 Å². The third-order valence-corrected chi connectivity index (χ3v) is 5.56. The van der Waals surface area contributed by atoms with Gasteiger partial charge in [-0.15, -0.1) is 0 Å². The van der Waals surface area contributed by atoms with Crippen molar-refractivity contribution in [1.82, 2.24) is 9.80 Å². The number of carboxylic acids is 1. The van der Waals surface area contributed by atoms with Crippen molar-refractivity contribution in [1.29, 1.82) is 0 Å². The number of carbonyl (C=O) groups is 2. The second kappa shape index (κ2) is 12.3. The Morgan fingerprint density at radius 3 is 1.93 bits per heavy atom. The number of nitrogens with two attached hydrogens (primary N) is 2. The molecular formula is C19H40N5O3+. The molecule has 0 saturated carbocycles. The summed E-state index contributed by atoms with van der Waals surface area (Å²) in [5.74, 6) is -0.621. The van der Waals surface area contributed by atoms with Gasteiger partial charge in [0.25, 0.3) is 0 Å². The minimum absolute atomic E-state index is 0.0707. The van der Waals surface area contributed by atoms with Crippen LogP contribution >= 0.6 is 0 Å². The van der Waals surface area contributed by atoms with Crippen molar-refractivity contribution in [3.8, 4) is 0 Å². The van der Waals surface area contributed by atoms with Gasteiger partial charge in [-0.25, -0.2) is 4.79 Å². The number of aliphatic carboxylic acids is 1.